The summed E-state index contributed by atoms with van der Waals surface area (Å²) in [6, 6.07) is 9.29. The van der Waals surface area contributed by atoms with Gasteiger partial charge in [0, 0.05) is 24.2 Å². The van der Waals surface area contributed by atoms with Crippen molar-refractivity contribution in [1.82, 2.24) is 9.78 Å². The van der Waals surface area contributed by atoms with Crippen molar-refractivity contribution >= 4 is 29.3 Å². The molecular weight excluding hydrogens is 314 g/mol. The molecule has 1 aromatic heterocycles. The van der Waals surface area contributed by atoms with Gasteiger partial charge in [-0.25, -0.2) is 0 Å². The van der Waals surface area contributed by atoms with Crippen molar-refractivity contribution in [1.29, 1.82) is 0 Å². The van der Waals surface area contributed by atoms with Gasteiger partial charge in [0.1, 0.15) is 5.69 Å². The summed E-state index contributed by atoms with van der Waals surface area (Å²) >= 11 is 1.56. The number of carbonyl (C=O) groups excluding carboxylic acids is 1. The minimum Gasteiger partial charge on any atom is -0.481 e. The van der Waals surface area contributed by atoms with Gasteiger partial charge < -0.3 is 10.4 Å². The van der Waals surface area contributed by atoms with Crippen molar-refractivity contribution in [3.05, 3.63) is 47.3 Å². The zero-order valence-corrected chi connectivity index (χ0v) is 13.9. The molecule has 0 aliphatic carbocycles. The molecule has 6 nitrogen and oxygen atoms in total. The summed E-state index contributed by atoms with van der Waals surface area (Å²) in [7, 11) is 1.73. The highest BCUT2D eigenvalue weighted by atomic mass is 32.2. The highest BCUT2D eigenvalue weighted by molar-refractivity contribution is 7.98. The van der Waals surface area contributed by atoms with Crippen LogP contribution in [0.25, 0.3) is 0 Å². The third-order valence-corrected chi connectivity index (χ3v) is 4.18. The van der Waals surface area contributed by atoms with Crippen LogP contribution in [0.3, 0.4) is 0 Å². The Hall–Kier alpha value is -2.28. The molecule has 1 amide bonds. The van der Waals surface area contributed by atoms with Gasteiger partial charge in [-0.2, -0.15) is 16.9 Å². The van der Waals surface area contributed by atoms with Crippen LogP contribution in [-0.4, -0.2) is 32.5 Å². The molecule has 0 bridgehead atoms. The smallest absolute Gasteiger partial charge is 0.304 e. The number of carboxylic acid groups (broad SMARTS) is 1. The number of carboxylic acids is 1. The van der Waals surface area contributed by atoms with E-state index in [1.807, 2.05) is 31.2 Å². The van der Waals surface area contributed by atoms with Crippen molar-refractivity contribution in [3.63, 3.8) is 0 Å². The normalized spacial score (nSPS) is 10.5. The van der Waals surface area contributed by atoms with Gasteiger partial charge in [0.2, 0.25) is 0 Å². The second-order valence-corrected chi connectivity index (χ2v) is 6.25. The summed E-state index contributed by atoms with van der Waals surface area (Å²) in [5.41, 5.74) is 3.05. The first-order valence-corrected chi connectivity index (χ1v) is 8.31. The van der Waals surface area contributed by atoms with Crippen molar-refractivity contribution < 1.29 is 14.7 Å². The van der Waals surface area contributed by atoms with Gasteiger partial charge in [-0.15, -0.1) is 0 Å². The van der Waals surface area contributed by atoms with Gasteiger partial charge in [0.25, 0.3) is 5.91 Å². The fourth-order valence-electron chi connectivity index (χ4n) is 2.11. The van der Waals surface area contributed by atoms with Crippen molar-refractivity contribution in [2.75, 3.05) is 11.1 Å². The van der Waals surface area contributed by atoms with Gasteiger partial charge in [0.05, 0.1) is 12.1 Å². The highest BCUT2D eigenvalue weighted by Crippen LogP contribution is 2.18. The van der Waals surface area contributed by atoms with Gasteiger partial charge in [0.15, 0.2) is 0 Å². The molecule has 0 fully saturated rings. The standard InChI is InChI=1S/C16H19N3O3S/c1-11-8-14(19(2)18-11)16(22)17-13-5-3-4-12(9-13)10-23-7-6-15(20)21/h3-5,8-9H,6-7,10H2,1-2H3,(H,17,22)(H,20,21). The van der Waals surface area contributed by atoms with Gasteiger partial charge in [-0.05, 0) is 30.7 Å². The molecule has 122 valence electrons. The van der Waals surface area contributed by atoms with Crippen LogP contribution in [0.4, 0.5) is 5.69 Å². The monoisotopic (exact) mass is 333 g/mol. The zero-order valence-electron chi connectivity index (χ0n) is 13.1. The number of carbonyl (C=O) groups is 2. The van der Waals surface area contributed by atoms with Crippen molar-refractivity contribution in [2.45, 2.75) is 19.1 Å². The summed E-state index contributed by atoms with van der Waals surface area (Å²) in [4.78, 5) is 22.7. The molecule has 23 heavy (non-hydrogen) atoms. The van der Waals surface area contributed by atoms with Gasteiger partial charge in [-0.1, -0.05) is 12.1 Å². The average molecular weight is 333 g/mol. The van der Waals surface area contributed by atoms with E-state index in [0.29, 0.717) is 22.9 Å². The molecule has 0 aliphatic rings. The van der Waals surface area contributed by atoms with Crippen LogP contribution in [0.2, 0.25) is 0 Å². The van der Waals surface area contributed by atoms with Crippen LogP contribution in [0.5, 0.6) is 0 Å². The number of aryl methyl sites for hydroxylation is 2. The Labute approximate surface area is 138 Å². The van der Waals surface area contributed by atoms with E-state index in [-0.39, 0.29) is 12.3 Å². The largest absolute Gasteiger partial charge is 0.481 e. The van der Waals surface area contributed by atoms with E-state index in [1.54, 1.807) is 29.6 Å². The number of rotatable bonds is 7. The fourth-order valence-corrected chi connectivity index (χ4v) is 2.99. The Morgan fingerprint density at radius 3 is 2.78 bits per heavy atom. The maximum atomic E-state index is 12.3. The van der Waals surface area contributed by atoms with E-state index >= 15 is 0 Å². The zero-order chi connectivity index (χ0) is 16.8. The topological polar surface area (TPSA) is 84.2 Å². The lowest BCUT2D eigenvalue weighted by Crippen LogP contribution is -2.16. The van der Waals surface area contributed by atoms with E-state index < -0.39 is 5.97 Å². The lowest BCUT2D eigenvalue weighted by molar-refractivity contribution is -0.136. The SMILES string of the molecule is Cc1cc(C(=O)Nc2cccc(CSCCC(=O)O)c2)n(C)n1. The van der Waals surface area contributed by atoms with Crippen LogP contribution >= 0.6 is 11.8 Å². The minimum atomic E-state index is -0.787. The van der Waals surface area contributed by atoms with Crippen LogP contribution in [0.15, 0.2) is 30.3 Å². The lowest BCUT2D eigenvalue weighted by atomic mass is 10.2. The maximum absolute atomic E-state index is 12.3. The summed E-state index contributed by atoms with van der Waals surface area (Å²) in [6.45, 7) is 1.84. The van der Waals surface area contributed by atoms with Crippen molar-refractivity contribution in [3.8, 4) is 0 Å². The summed E-state index contributed by atoms with van der Waals surface area (Å²) < 4.78 is 1.55. The highest BCUT2D eigenvalue weighted by Gasteiger charge is 2.12. The van der Waals surface area contributed by atoms with Gasteiger partial charge in [-0.3, -0.25) is 14.3 Å². The Morgan fingerprint density at radius 2 is 2.13 bits per heavy atom. The second kappa shape index (κ2) is 7.82. The third kappa shape index (κ3) is 5.14. The number of hydrogen-bond acceptors (Lipinski definition) is 4. The molecule has 7 heteroatoms. The number of aliphatic carboxylic acids is 1. The number of benzene rings is 1. The molecule has 1 aromatic carbocycles. The number of nitrogens with one attached hydrogen (secondary N) is 1. The molecule has 2 aromatic rings. The molecule has 2 rings (SSSR count). The Kier molecular flexibility index (Phi) is 5.81. The second-order valence-electron chi connectivity index (χ2n) is 5.15. The molecule has 0 unspecified atom stereocenters. The fraction of sp³-hybridized carbons (Fsp3) is 0.312. The van der Waals surface area contributed by atoms with Crippen LogP contribution in [0.1, 0.15) is 28.2 Å². The van der Waals surface area contributed by atoms with E-state index in [0.717, 1.165) is 11.3 Å². The molecule has 0 radical (unpaired) electrons. The number of hydrogen-bond donors (Lipinski definition) is 2. The molecule has 0 aliphatic heterocycles. The van der Waals surface area contributed by atoms with Crippen LogP contribution in [-0.2, 0) is 17.6 Å². The lowest BCUT2D eigenvalue weighted by Gasteiger charge is -2.07. The molecule has 0 saturated heterocycles. The molecular formula is C16H19N3O3S. The first kappa shape index (κ1) is 17.1. The quantitative estimate of drug-likeness (QED) is 0.761. The van der Waals surface area contributed by atoms with Crippen molar-refractivity contribution in [2.24, 2.45) is 7.05 Å². The van der Waals surface area contributed by atoms with Gasteiger partial charge >= 0.3 is 5.97 Å². The Bertz CT molecular complexity index is 712. The number of nitrogens with zero attached hydrogens (tertiary/aromatic N) is 2. The summed E-state index contributed by atoms with van der Waals surface area (Å²) in [5, 5.41) is 15.6. The summed E-state index contributed by atoms with van der Waals surface area (Å²) in [5.74, 6) is 0.288. The average Bonchev–Trinajstić information content (AvgIpc) is 2.83. The number of aromatic nitrogens is 2. The predicted molar refractivity (Wildman–Crippen MR) is 90.8 cm³/mol. The van der Waals surface area contributed by atoms with E-state index in [4.69, 9.17) is 5.11 Å². The number of thioether (sulfide) groups is 1. The third-order valence-electron chi connectivity index (χ3n) is 3.15. The Balaban J connectivity index is 1.95. The summed E-state index contributed by atoms with van der Waals surface area (Å²) in [6.07, 6.45) is 0.154. The minimum absolute atomic E-state index is 0.154. The first-order valence-electron chi connectivity index (χ1n) is 7.16. The van der Waals surface area contributed by atoms with E-state index in [1.165, 1.54) is 0 Å². The first-order chi connectivity index (χ1) is 11.0. The molecule has 1 heterocycles. The molecule has 0 saturated carbocycles. The van der Waals surface area contributed by atoms with E-state index in [9.17, 15) is 9.59 Å². The molecule has 0 atom stereocenters. The molecule has 0 spiro atoms. The van der Waals surface area contributed by atoms with E-state index in [2.05, 4.69) is 10.4 Å². The molecule has 2 N–H and O–H groups in total. The number of anilines is 1. The number of amides is 1. The maximum Gasteiger partial charge on any atom is 0.304 e. The predicted octanol–water partition coefficient (Wildman–Crippen LogP) is 2.69. The Morgan fingerprint density at radius 1 is 1.35 bits per heavy atom. The van der Waals surface area contributed by atoms with Crippen LogP contribution < -0.4 is 5.32 Å². The van der Waals surface area contributed by atoms with Crippen LogP contribution in [0, 0.1) is 6.92 Å².